The molecule has 1 aromatic carbocycles. The molecule has 0 aromatic heterocycles. The predicted molar refractivity (Wildman–Crippen MR) is 87.8 cm³/mol. The lowest BCUT2D eigenvalue weighted by atomic mass is 10.2. The molecule has 3 amide bonds. The highest BCUT2D eigenvalue weighted by atomic mass is 19.1. The van der Waals surface area contributed by atoms with Crippen LogP contribution in [0.1, 0.15) is 25.3 Å². The fourth-order valence-corrected chi connectivity index (χ4v) is 2.54. The highest BCUT2D eigenvalue weighted by Gasteiger charge is 2.22. The maximum absolute atomic E-state index is 13.4. The molecule has 130 valence electrons. The normalized spacial score (nSPS) is 14.5. The summed E-state index contributed by atoms with van der Waals surface area (Å²) in [5.41, 5.74) is 0.888. The summed E-state index contributed by atoms with van der Waals surface area (Å²) in [6.07, 6.45) is 0.140. The molecule has 1 N–H and O–H groups in total. The van der Waals surface area contributed by atoms with Crippen molar-refractivity contribution in [3.63, 3.8) is 0 Å². The molecule has 7 heteroatoms. The lowest BCUT2D eigenvalue weighted by Gasteiger charge is -2.34. The van der Waals surface area contributed by atoms with Gasteiger partial charge in [-0.25, -0.2) is 4.39 Å². The van der Waals surface area contributed by atoms with Gasteiger partial charge < -0.3 is 15.1 Å². The van der Waals surface area contributed by atoms with Crippen LogP contribution in [0.3, 0.4) is 0 Å². The van der Waals surface area contributed by atoms with E-state index in [1.54, 1.807) is 28.9 Å². The number of nitrogens with zero attached hydrogens (tertiary/aromatic N) is 2. The van der Waals surface area contributed by atoms with Gasteiger partial charge >= 0.3 is 0 Å². The smallest absolute Gasteiger partial charge is 0.224 e. The van der Waals surface area contributed by atoms with Crippen LogP contribution >= 0.6 is 0 Å². The van der Waals surface area contributed by atoms with Crippen molar-refractivity contribution in [2.24, 2.45) is 0 Å². The highest BCUT2D eigenvalue weighted by Crippen LogP contribution is 2.14. The van der Waals surface area contributed by atoms with E-state index in [1.807, 2.05) is 0 Å². The molecule has 24 heavy (non-hydrogen) atoms. The van der Waals surface area contributed by atoms with Gasteiger partial charge in [0.2, 0.25) is 17.7 Å². The predicted octanol–water partition coefficient (Wildman–Crippen LogP) is 1.54. The molecule has 0 radical (unpaired) electrons. The third-order valence-electron chi connectivity index (χ3n) is 4.10. The quantitative estimate of drug-likeness (QED) is 0.907. The van der Waals surface area contributed by atoms with Gasteiger partial charge in [0.1, 0.15) is 5.82 Å². The number of rotatable bonds is 4. The van der Waals surface area contributed by atoms with E-state index >= 15 is 0 Å². The molecule has 0 aliphatic carbocycles. The lowest BCUT2D eigenvalue weighted by Crippen LogP contribution is -2.50. The van der Waals surface area contributed by atoms with E-state index in [9.17, 15) is 18.8 Å². The van der Waals surface area contributed by atoms with Crippen LogP contribution in [0.2, 0.25) is 0 Å². The number of benzene rings is 1. The summed E-state index contributed by atoms with van der Waals surface area (Å²) < 4.78 is 13.4. The molecule has 0 unspecified atom stereocenters. The van der Waals surface area contributed by atoms with Crippen molar-refractivity contribution in [2.45, 2.75) is 26.7 Å². The zero-order valence-corrected chi connectivity index (χ0v) is 14.0. The van der Waals surface area contributed by atoms with Crippen LogP contribution < -0.4 is 5.32 Å². The Labute approximate surface area is 140 Å². The SMILES string of the molecule is CC(=O)N1CCN(C(=O)CCC(=O)Nc2ccc(C)c(F)c2)CC1. The van der Waals surface area contributed by atoms with Gasteiger partial charge in [-0.2, -0.15) is 0 Å². The van der Waals surface area contributed by atoms with Gasteiger partial charge in [0.05, 0.1) is 0 Å². The third-order valence-corrected chi connectivity index (χ3v) is 4.10. The topological polar surface area (TPSA) is 69.7 Å². The molecule has 0 spiro atoms. The molecule has 0 bridgehead atoms. The van der Waals surface area contributed by atoms with Crippen LogP contribution in [0, 0.1) is 12.7 Å². The molecule has 1 aromatic rings. The Morgan fingerprint density at radius 3 is 2.29 bits per heavy atom. The number of halogens is 1. The van der Waals surface area contributed by atoms with Gasteiger partial charge in [0.15, 0.2) is 0 Å². The van der Waals surface area contributed by atoms with Crippen LogP contribution in [0.25, 0.3) is 0 Å². The summed E-state index contributed by atoms with van der Waals surface area (Å²) >= 11 is 0. The van der Waals surface area contributed by atoms with Gasteiger partial charge in [-0.1, -0.05) is 6.07 Å². The van der Waals surface area contributed by atoms with E-state index in [4.69, 9.17) is 0 Å². The van der Waals surface area contributed by atoms with Crippen LogP contribution in [-0.2, 0) is 14.4 Å². The van der Waals surface area contributed by atoms with Crippen LogP contribution in [0.5, 0.6) is 0 Å². The Kier molecular flexibility index (Phi) is 5.89. The van der Waals surface area contributed by atoms with Crippen LogP contribution in [0.15, 0.2) is 18.2 Å². The Balaban J connectivity index is 1.76. The Bertz CT molecular complexity index is 640. The van der Waals surface area contributed by atoms with Crippen LogP contribution in [-0.4, -0.2) is 53.7 Å². The summed E-state index contributed by atoms with van der Waals surface area (Å²) in [6, 6.07) is 4.47. The van der Waals surface area contributed by atoms with Gasteiger partial charge in [0, 0.05) is 51.6 Å². The molecular formula is C17H22FN3O3. The lowest BCUT2D eigenvalue weighted by molar-refractivity contribution is -0.138. The first kappa shape index (κ1) is 17.9. The number of aryl methyl sites for hydroxylation is 1. The van der Waals surface area contributed by atoms with E-state index in [1.165, 1.54) is 13.0 Å². The number of hydrogen-bond donors (Lipinski definition) is 1. The second-order valence-electron chi connectivity index (χ2n) is 5.90. The zero-order valence-electron chi connectivity index (χ0n) is 14.0. The Hall–Kier alpha value is -2.44. The average Bonchev–Trinajstić information content (AvgIpc) is 2.56. The van der Waals surface area contributed by atoms with E-state index in [0.29, 0.717) is 37.4 Å². The average molecular weight is 335 g/mol. The number of carbonyl (C=O) groups excluding carboxylic acids is 3. The molecule has 6 nitrogen and oxygen atoms in total. The van der Waals surface area contributed by atoms with Gasteiger partial charge in [0.25, 0.3) is 0 Å². The summed E-state index contributed by atoms with van der Waals surface area (Å²) in [7, 11) is 0. The van der Waals surface area contributed by atoms with Crippen molar-refractivity contribution in [2.75, 3.05) is 31.5 Å². The van der Waals surface area contributed by atoms with Gasteiger partial charge in [-0.05, 0) is 24.6 Å². The van der Waals surface area contributed by atoms with Gasteiger partial charge in [-0.3, -0.25) is 14.4 Å². The molecule has 1 fully saturated rings. The first-order valence-electron chi connectivity index (χ1n) is 7.96. The maximum atomic E-state index is 13.4. The monoisotopic (exact) mass is 335 g/mol. The second kappa shape index (κ2) is 7.90. The summed E-state index contributed by atoms with van der Waals surface area (Å²) in [6.45, 7) is 5.18. The fourth-order valence-electron chi connectivity index (χ4n) is 2.54. The van der Waals surface area contributed by atoms with Crippen molar-refractivity contribution >= 4 is 23.4 Å². The van der Waals surface area contributed by atoms with Crippen molar-refractivity contribution in [1.82, 2.24) is 9.80 Å². The molecule has 1 heterocycles. The van der Waals surface area contributed by atoms with E-state index in [-0.39, 0.29) is 36.4 Å². The summed E-state index contributed by atoms with van der Waals surface area (Å²) in [4.78, 5) is 38.6. The number of carbonyl (C=O) groups is 3. The Morgan fingerprint density at radius 1 is 1.08 bits per heavy atom. The van der Waals surface area contributed by atoms with Crippen molar-refractivity contribution in [3.8, 4) is 0 Å². The first-order valence-corrected chi connectivity index (χ1v) is 7.96. The molecule has 2 rings (SSSR count). The highest BCUT2D eigenvalue weighted by molar-refractivity contribution is 5.93. The number of anilines is 1. The minimum absolute atomic E-state index is 0.00630. The maximum Gasteiger partial charge on any atom is 0.224 e. The van der Waals surface area contributed by atoms with Crippen molar-refractivity contribution in [1.29, 1.82) is 0 Å². The van der Waals surface area contributed by atoms with E-state index in [2.05, 4.69) is 5.32 Å². The number of nitrogens with one attached hydrogen (secondary N) is 1. The molecule has 0 saturated carbocycles. The number of piperazine rings is 1. The molecule has 0 atom stereocenters. The van der Waals surface area contributed by atoms with E-state index in [0.717, 1.165) is 0 Å². The minimum Gasteiger partial charge on any atom is -0.339 e. The standard InChI is InChI=1S/C17H22FN3O3/c1-12-3-4-14(11-15(12)18)19-16(23)5-6-17(24)21-9-7-20(8-10-21)13(2)22/h3-4,11H,5-10H2,1-2H3,(H,19,23). The molecule has 1 aliphatic heterocycles. The molecule has 1 aliphatic rings. The first-order chi connectivity index (χ1) is 11.4. The largest absolute Gasteiger partial charge is 0.339 e. The minimum atomic E-state index is -0.382. The van der Waals surface area contributed by atoms with Crippen molar-refractivity contribution < 1.29 is 18.8 Å². The number of amides is 3. The second-order valence-corrected chi connectivity index (χ2v) is 5.90. The van der Waals surface area contributed by atoms with Gasteiger partial charge in [-0.15, -0.1) is 0 Å². The van der Waals surface area contributed by atoms with Crippen LogP contribution in [0.4, 0.5) is 10.1 Å². The third kappa shape index (κ3) is 4.78. The molecule has 1 saturated heterocycles. The summed E-state index contributed by atoms with van der Waals surface area (Å²) in [5, 5.41) is 2.59. The van der Waals surface area contributed by atoms with Crippen molar-refractivity contribution in [3.05, 3.63) is 29.6 Å². The fraction of sp³-hybridized carbons (Fsp3) is 0.471. The number of hydrogen-bond acceptors (Lipinski definition) is 3. The molecular weight excluding hydrogens is 313 g/mol. The van der Waals surface area contributed by atoms with E-state index < -0.39 is 0 Å². The summed E-state index contributed by atoms with van der Waals surface area (Å²) in [5.74, 6) is -0.809. The Morgan fingerprint density at radius 2 is 1.71 bits per heavy atom. The zero-order chi connectivity index (χ0) is 17.7.